The molecule has 1 aromatic carbocycles. The number of aromatic nitrogens is 5. The number of benzene rings is 1. The maximum absolute atomic E-state index is 13.9. The van der Waals surface area contributed by atoms with Gasteiger partial charge in [-0.1, -0.05) is 32.9 Å². The van der Waals surface area contributed by atoms with Crippen LogP contribution in [0.15, 0.2) is 35.3 Å². The van der Waals surface area contributed by atoms with E-state index in [-0.39, 0.29) is 103 Å². The summed E-state index contributed by atoms with van der Waals surface area (Å²) in [7, 11) is 0. The molecule has 2 fully saturated rings. The summed E-state index contributed by atoms with van der Waals surface area (Å²) in [6.45, 7) is 18.2. The Labute approximate surface area is 465 Å². The third-order valence-electron chi connectivity index (χ3n) is 15.1. The number of carbonyl (C=O) groups is 7. The molecule has 434 valence electrons. The van der Waals surface area contributed by atoms with Gasteiger partial charge in [-0.2, -0.15) is 0 Å². The van der Waals surface area contributed by atoms with Crippen LogP contribution in [0.2, 0.25) is 0 Å². The molecule has 3 aromatic heterocycles. The maximum Gasteiger partial charge on any atom is 0.509 e. The fraction of sp³-hybridized carbons (Fsp3) is 0.596. The van der Waals surface area contributed by atoms with E-state index < -0.39 is 35.2 Å². The number of esters is 1. The van der Waals surface area contributed by atoms with E-state index in [4.69, 9.17) is 28.7 Å². The minimum atomic E-state index is -1.97. The van der Waals surface area contributed by atoms with Gasteiger partial charge in [-0.15, -0.1) is 5.10 Å². The number of likely N-dealkylation sites (tertiary alicyclic amines) is 1. The Morgan fingerprint density at radius 3 is 2.27 bits per heavy atom. The molecule has 0 spiro atoms. The molecule has 4 N–H and O–H groups in total. The van der Waals surface area contributed by atoms with Crippen molar-refractivity contribution in [3.63, 3.8) is 0 Å². The summed E-state index contributed by atoms with van der Waals surface area (Å²) in [5, 5.41) is 27.6. The number of aromatic hydroxyl groups is 1. The molecular formula is C57H77N9O14. The molecule has 23 heteroatoms. The monoisotopic (exact) mass is 1110 g/mol. The van der Waals surface area contributed by atoms with Gasteiger partial charge in [0.05, 0.1) is 53.4 Å². The van der Waals surface area contributed by atoms with Crippen molar-refractivity contribution in [1.29, 1.82) is 0 Å². The van der Waals surface area contributed by atoms with E-state index in [1.165, 1.54) is 4.90 Å². The number of rotatable bonds is 22. The standard InChI is InChI=1S/C35H42N4O10.C22H35N5O4/c1-7-21-22-11-20(40)9-10-26(22)38-31-23(21)13-39-28(31)12-25-24(32(39)43)14-47-33(44)35(25,8-2)49-34(45)48-15-27(18(3)4)37-30(42)17-46-16-29(41)36-19(5)6;1-4-31-22(2,3)11-12-26-15-18(24-25-26)13-23-21(30)17-7-5-16(6-8-17)14-27-19(28)9-10-20(27)29/h9-12,18-19,27,40H,7-8,13-17H2,1-6H3,(H,36,41)(H,37,42);15-17H,4-14H2,1-3H3,(H,23,30). The third kappa shape index (κ3) is 14.4. The van der Waals surface area contributed by atoms with Gasteiger partial charge in [0.2, 0.25) is 35.1 Å². The lowest BCUT2D eigenvalue weighted by atomic mass is 9.81. The van der Waals surface area contributed by atoms with E-state index in [0.717, 1.165) is 54.3 Å². The molecule has 1 saturated heterocycles. The predicted octanol–water partition coefficient (Wildman–Crippen LogP) is 5.25. The van der Waals surface area contributed by atoms with Crippen LogP contribution in [0.4, 0.5) is 4.79 Å². The van der Waals surface area contributed by atoms with E-state index in [0.29, 0.717) is 68.3 Å². The van der Waals surface area contributed by atoms with Crippen molar-refractivity contribution >= 4 is 52.6 Å². The van der Waals surface area contributed by atoms with Crippen LogP contribution in [0.3, 0.4) is 0 Å². The van der Waals surface area contributed by atoms with Crippen LogP contribution in [0.1, 0.15) is 142 Å². The Bertz CT molecular complexity index is 3000. The first-order valence-corrected chi connectivity index (χ1v) is 27.8. The first-order valence-electron chi connectivity index (χ1n) is 27.8. The van der Waals surface area contributed by atoms with Crippen molar-refractivity contribution < 1.29 is 62.4 Å². The third-order valence-corrected chi connectivity index (χ3v) is 15.1. The van der Waals surface area contributed by atoms with Gasteiger partial charge < -0.3 is 49.3 Å². The number of cyclic esters (lactones) is 1. The SMILES string of the molecule is CCOC(C)(C)CCn1cc(CNC(=O)C2CCC(CN3C(=O)CCC3=O)CC2)nn1.CCc1c2c(nc3ccc(O)cc13)-c1cc3c(c(=O)n1C2)COC(=O)C3(CC)OC(=O)OCC(NC(=O)COCC(=O)NC(C)C)C(C)C. The molecule has 2 unspecified atom stereocenters. The molecule has 6 heterocycles. The summed E-state index contributed by atoms with van der Waals surface area (Å²) in [4.78, 5) is 107. The molecule has 80 heavy (non-hydrogen) atoms. The Balaban J connectivity index is 0.000000256. The van der Waals surface area contributed by atoms with E-state index >= 15 is 0 Å². The smallest absolute Gasteiger partial charge is 0.508 e. The summed E-state index contributed by atoms with van der Waals surface area (Å²) in [5.74, 6) is -1.57. The van der Waals surface area contributed by atoms with Crippen LogP contribution in [-0.4, -0.2) is 127 Å². The number of pyridine rings is 2. The highest BCUT2D eigenvalue weighted by atomic mass is 16.7. The van der Waals surface area contributed by atoms with Crippen LogP contribution in [0.5, 0.6) is 5.75 Å². The predicted molar refractivity (Wildman–Crippen MR) is 290 cm³/mol. The van der Waals surface area contributed by atoms with Gasteiger partial charge in [0.25, 0.3) is 5.56 Å². The van der Waals surface area contributed by atoms with E-state index in [2.05, 4.69) is 40.1 Å². The lowest BCUT2D eigenvalue weighted by Gasteiger charge is -2.35. The number of hydrogen-bond acceptors (Lipinski definition) is 17. The Hall–Kier alpha value is -7.27. The summed E-state index contributed by atoms with van der Waals surface area (Å²) < 4.78 is 30.8. The summed E-state index contributed by atoms with van der Waals surface area (Å²) in [6, 6.07) is 5.87. The van der Waals surface area contributed by atoms with Gasteiger partial charge in [0.15, 0.2) is 0 Å². The van der Waals surface area contributed by atoms with Gasteiger partial charge in [-0.3, -0.25) is 38.3 Å². The normalized spacial score (nSPS) is 18.9. The Morgan fingerprint density at radius 2 is 1.62 bits per heavy atom. The van der Waals surface area contributed by atoms with E-state index in [9.17, 15) is 43.5 Å². The number of phenols is 1. The maximum atomic E-state index is 13.9. The minimum absolute atomic E-state index is 0.0248. The number of aryl methyl sites for hydroxylation is 2. The van der Waals surface area contributed by atoms with Crippen LogP contribution >= 0.6 is 0 Å². The highest BCUT2D eigenvalue weighted by Gasteiger charge is 2.51. The molecular weight excluding hydrogens is 1030 g/mol. The number of amides is 5. The number of nitrogens with zero attached hydrogens (tertiary/aromatic N) is 6. The number of hydrogen-bond donors (Lipinski definition) is 4. The molecule has 0 bridgehead atoms. The molecule has 3 aliphatic heterocycles. The molecule has 4 aliphatic rings. The molecule has 0 radical (unpaired) electrons. The fourth-order valence-electron chi connectivity index (χ4n) is 10.7. The Kier molecular flexibility index (Phi) is 19.9. The molecule has 5 amide bonds. The average molecular weight is 1110 g/mol. The number of imide groups is 1. The van der Waals surface area contributed by atoms with Crippen LogP contribution < -0.4 is 21.5 Å². The molecule has 4 aromatic rings. The summed E-state index contributed by atoms with van der Waals surface area (Å²) in [5.41, 5.74) is 2.01. The van der Waals surface area contributed by atoms with E-state index in [1.807, 2.05) is 33.9 Å². The van der Waals surface area contributed by atoms with Crippen LogP contribution in [-0.2, 0) is 90.7 Å². The van der Waals surface area contributed by atoms with Crippen LogP contribution in [0, 0.1) is 17.8 Å². The van der Waals surface area contributed by atoms with Crippen molar-refractivity contribution in [2.24, 2.45) is 17.8 Å². The fourth-order valence-corrected chi connectivity index (χ4v) is 10.7. The second-order valence-corrected chi connectivity index (χ2v) is 22.1. The number of carbonyl (C=O) groups excluding carboxylic acids is 7. The van der Waals surface area contributed by atoms with Crippen molar-refractivity contribution in [2.45, 2.75) is 170 Å². The topological polar surface area (TPSA) is 291 Å². The summed E-state index contributed by atoms with van der Waals surface area (Å²) >= 11 is 0. The Morgan fingerprint density at radius 1 is 0.925 bits per heavy atom. The molecule has 1 aliphatic carbocycles. The van der Waals surface area contributed by atoms with Gasteiger partial charge in [0.1, 0.15) is 37.9 Å². The quantitative estimate of drug-likeness (QED) is 0.0509. The first kappa shape index (κ1) is 60.4. The number of phenolic OH excluding ortho intramolecular Hbond substituents is 1. The molecule has 8 rings (SSSR count). The van der Waals surface area contributed by atoms with Crippen molar-refractivity contribution in [3.05, 3.63) is 68.8 Å². The summed E-state index contributed by atoms with van der Waals surface area (Å²) in [6.07, 6.45) is 6.04. The molecule has 1 saturated carbocycles. The van der Waals surface area contributed by atoms with Gasteiger partial charge in [0, 0.05) is 61.0 Å². The lowest BCUT2D eigenvalue weighted by molar-refractivity contribution is -0.175. The second kappa shape index (κ2) is 26.3. The lowest BCUT2D eigenvalue weighted by Crippen LogP contribution is -2.48. The number of fused-ring (bicyclic) bond motifs is 5. The largest absolute Gasteiger partial charge is 0.509 e. The zero-order valence-corrected chi connectivity index (χ0v) is 47.4. The van der Waals surface area contributed by atoms with Gasteiger partial charge in [-0.25, -0.2) is 14.6 Å². The van der Waals surface area contributed by atoms with Crippen molar-refractivity contribution in [2.75, 3.05) is 33.0 Å². The average Bonchev–Trinajstić information content (AvgIpc) is 4.12. The van der Waals surface area contributed by atoms with Gasteiger partial charge >= 0.3 is 12.1 Å². The second-order valence-electron chi connectivity index (χ2n) is 22.1. The highest BCUT2D eigenvalue weighted by Crippen LogP contribution is 2.43. The van der Waals surface area contributed by atoms with Crippen molar-refractivity contribution in [3.8, 4) is 17.1 Å². The van der Waals surface area contributed by atoms with E-state index in [1.54, 1.807) is 54.3 Å². The molecule has 2 atom stereocenters. The highest BCUT2D eigenvalue weighted by molar-refractivity contribution is 6.02. The zero-order chi connectivity index (χ0) is 58.1. The zero-order valence-electron chi connectivity index (χ0n) is 47.4. The minimum Gasteiger partial charge on any atom is -0.508 e. The number of nitrogens with one attached hydrogen (secondary N) is 3. The molecule has 23 nitrogen and oxygen atoms in total. The van der Waals surface area contributed by atoms with Crippen molar-refractivity contribution in [1.82, 2.24) is 45.4 Å². The first-order chi connectivity index (χ1) is 38.1. The van der Waals surface area contributed by atoms with Crippen LogP contribution in [0.25, 0.3) is 22.3 Å². The van der Waals surface area contributed by atoms with Gasteiger partial charge in [-0.05, 0) is 121 Å². The number of ether oxygens (including phenoxy) is 5.